The van der Waals surface area contributed by atoms with Gasteiger partial charge >= 0.3 is 0 Å². The predicted octanol–water partition coefficient (Wildman–Crippen LogP) is 2.37. The number of anilines is 1. The van der Waals surface area contributed by atoms with Crippen LogP contribution in [0.15, 0.2) is 24.3 Å². The molecule has 92 valence electrons. The molecule has 0 amide bonds. The molecule has 1 aromatic rings. The summed E-state index contributed by atoms with van der Waals surface area (Å²) < 4.78 is 0. The van der Waals surface area contributed by atoms with Crippen molar-refractivity contribution < 1.29 is 0 Å². The van der Waals surface area contributed by atoms with Gasteiger partial charge in [-0.15, -0.1) is 0 Å². The summed E-state index contributed by atoms with van der Waals surface area (Å²) in [4.78, 5) is 2.21. The van der Waals surface area contributed by atoms with Crippen LogP contribution in [0.1, 0.15) is 26.3 Å². The monoisotopic (exact) mass is 231 g/mol. The molecule has 0 unspecified atom stereocenters. The lowest BCUT2D eigenvalue weighted by Gasteiger charge is -2.33. The lowest BCUT2D eigenvalue weighted by atomic mass is 9.92. The molecule has 0 fully saturated rings. The number of benzene rings is 1. The van der Waals surface area contributed by atoms with Gasteiger partial charge in [-0.3, -0.25) is 0 Å². The van der Waals surface area contributed by atoms with Crippen LogP contribution in [0, 0.1) is 16.7 Å². The number of rotatable bonds is 5. The molecule has 2 N–H and O–H groups in total. The highest BCUT2D eigenvalue weighted by Crippen LogP contribution is 2.24. The second kappa shape index (κ2) is 5.70. The van der Waals surface area contributed by atoms with E-state index in [1.165, 1.54) is 0 Å². The summed E-state index contributed by atoms with van der Waals surface area (Å²) >= 11 is 0. The van der Waals surface area contributed by atoms with Crippen molar-refractivity contribution in [2.75, 3.05) is 24.5 Å². The number of nitrogens with zero attached hydrogens (tertiary/aromatic N) is 2. The fourth-order valence-electron chi connectivity index (χ4n) is 1.79. The highest BCUT2D eigenvalue weighted by atomic mass is 15.1. The Bertz CT molecular complexity index is 404. The summed E-state index contributed by atoms with van der Waals surface area (Å²) in [6.07, 6.45) is 0. The minimum absolute atomic E-state index is 0.0541. The fourth-order valence-corrected chi connectivity index (χ4v) is 1.79. The summed E-state index contributed by atoms with van der Waals surface area (Å²) in [5, 5.41) is 9.12. The first-order valence-corrected chi connectivity index (χ1v) is 5.98. The minimum Gasteiger partial charge on any atom is -0.370 e. The summed E-state index contributed by atoms with van der Waals surface area (Å²) in [6.45, 7) is 8.76. The van der Waals surface area contributed by atoms with Crippen LogP contribution in [-0.2, 0) is 0 Å². The van der Waals surface area contributed by atoms with Crippen LogP contribution in [0.25, 0.3) is 0 Å². The Hall–Kier alpha value is -1.53. The number of nitriles is 1. The number of para-hydroxylation sites is 1. The van der Waals surface area contributed by atoms with Gasteiger partial charge in [0.05, 0.1) is 11.3 Å². The predicted molar refractivity (Wildman–Crippen MR) is 71.9 cm³/mol. The molecular weight excluding hydrogens is 210 g/mol. The van der Waals surface area contributed by atoms with Crippen molar-refractivity contribution in [3.8, 4) is 6.07 Å². The Kier molecular flexibility index (Phi) is 4.53. The molecule has 0 spiro atoms. The number of hydrogen-bond acceptors (Lipinski definition) is 3. The van der Waals surface area contributed by atoms with E-state index >= 15 is 0 Å². The summed E-state index contributed by atoms with van der Waals surface area (Å²) in [5.74, 6) is 0. The van der Waals surface area contributed by atoms with Crippen molar-refractivity contribution in [1.82, 2.24) is 0 Å². The summed E-state index contributed by atoms with van der Waals surface area (Å²) in [7, 11) is 0. The lowest BCUT2D eigenvalue weighted by molar-refractivity contribution is 0.379. The summed E-state index contributed by atoms with van der Waals surface area (Å²) in [6, 6.07) is 9.95. The molecule has 0 saturated carbocycles. The zero-order valence-corrected chi connectivity index (χ0v) is 10.9. The highest BCUT2D eigenvalue weighted by Gasteiger charge is 2.20. The average Bonchev–Trinajstić information content (AvgIpc) is 2.36. The molecular formula is C14H21N3. The third-order valence-corrected chi connectivity index (χ3v) is 2.92. The molecule has 3 heteroatoms. The SMILES string of the molecule is CCN(CC(C)(C)CN)c1ccccc1C#N. The highest BCUT2D eigenvalue weighted by molar-refractivity contribution is 5.59. The van der Waals surface area contributed by atoms with Crippen LogP contribution in [0.3, 0.4) is 0 Å². The zero-order valence-electron chi connectivity index (χ0n) is 10.9. The van der Waals surface area contributed by atoms with Crippen LogP contribution in [0.4, 0.5) is 5.69 Å². The Balaban J connectivity index is 2.99. The first-order chi connectivity index (χ1) is 8.04. The molecule has 17 heavy (non-hydrogen) atoms. The smallest absolute Gasteiger partial charge is 0.101 e. The molecule has 1 rings (SSSR count). The van der Waals surface area contributed by atoms with Crippen molar-refractivity contribution in [2.24, 2.45) is 11.1 Å². The fraction of sp³-hybridized carbons (Fsp3) is 0.500. The molecule has 0 atom stereocenters. The largest absolute Gasteiger partial charge is 0.370 e. The van der Waals surface area contributed by atoms with E-state index in [4.69, 9.17) is 11.0 Å². The topological polar surface area (TPSA) is 53.0 Å². The first kappa shape index (κ1) is 13.5. The van der Waals surface area contributed by atoms with E-state index in [1.807, 2.05) is 24.3 Å². The van der Waals surface area contributed by atoms with Gasteiger partial charge in [0, 0.05) is 13.1 Å². The normalized spacial score (nSPS) is 11.0. The van der Waals surface area contributed by atoms with Crippen molar-refractivity contribution in [2.45, 2.75) is 20.8 Å². The maximum Gasteiger partial charge on any atom is 0.101 e. The molecule has 0 aliphatic rings. The molecule has 0 radical (unpaired) electrons. The second-order valence-electron chi connectivity index (χ2n) is 5.01. The van der Waals surface area contributed by atoms with Gasteiger partial charge in [0.1, 0.15) is 6.07 Å². The van der Waals surface area contributed by atoms with E-state index in [0.29, 0.717) is 6.54 Å². The Morgan fingerprint density at radius 3 is 2.53 bits per heavy atom. The van der Waals surface area contributed by atoms with Crippen LogP contribution >= 0.6 is 0 Å². The van der Waals surface area contributed by atoms with E-state index in [1.54, 1.807) is 0 Å². The molecule has 1 aromatic carbocycles. The lowest BCUT2D eigenvalue weighted by Crippen LogP contribution is -2.39. The van der Waals surface area contributed by atoms with Gasteiger partial charge in [0.2, 0.25) is 0 Å². The number of nitrogens with two attached hydrogens (primary N) is 1. The van der Waals surface area contributed by atoms with Crippen LogP contribution in [0.5, 0.6) is 0 Å². The Labute approximate surface area is 104 Å². The molecule has 0 aliphatic heterocycles. The van der Waals surface area contributed by atoms with Crippen LogP contribution < -0.4 is 10.6 Å². The van der Waals surface area contributed by atoms with E-state index in [9.17, 15) is 0 Å². The van der Waals surface area contributed by atoms with Gasteiger partial charge in [-0.25, -0.2) is 0 Å². The van der Waals surface area contributed by atoms with Gasteiger partial charge in [0.15, 0.2) is 0 Å². The van der Waals surface area contributed by atoms with E-state index in [-0.39, 0.29) is 5.41 Å². The van der Waals surface area contributed by atoms with Gasteiger partial charge in [0.25, 0.3) is 0 Å². The zero-order chi connectivity index (χ0) is 12.9. The second-order valence-corrected chi connectivity index (χ2v) is 5.01. The molecule has 0 aromatic heterocycles. The first-order valence-electron chi connectivity index (χ1n) is 5.98. The van der Waals surface area contributed by atoms with Gasteiger partial charge in [-0.1, -0.05) is 26.0 Å². The van der Waals surface area contributed by atoms with Crippen molar-refractivity contribution in [1.29, 1.82) is 5.26 Å². The number of hydrogen-bond donors (Lipinski definition) is 1. The van der Waals surface area contributed by atoms with Crippen LogP contribution in [-0.4, -0.2) is 19.6 Å². The quantitative estimate of drug-likeness (QED) is 0.846. The molecule has 0 heterocycles. The van der Waals surface area contributed by atoms with E-state index in [0.717, 1.165) is 24.3 Å². The third kappa shape index (κ3) is 3.47. The maximum absolute atomic E-state index is 9.12. The van der Waals surface area contributed by atoms with Gasteiger partial charge in [-0.2, -0.15) is 5.26 Å². The summed E-state index contributed by atoms with van der Waals surface area (Å²) in [5.41, 5.74) is 7.54. The van der Waals surface area contributed by atoms with Crippen LogP contribution in [0.2, 0.25) is 0 Å². The van der Waals surface area contributed by atoms with Crippen molar-refractivity contribution >= 4 is 5.69 Å². The van der Waals surface area contributed by atoms with Crippen molar-refractivity contribution in [3.05, 3.63) is 29.8 Å². The van der Waals surface area contributed by atoms with E-state index < -0.39 is 0 Å². The molecule has 0 bridgehead atoms. The molecule has 0 saturated heterocycles. The van der Waals surface area contributed by atoms with Gasteiger partial charge < -0.3 is 10.6 Å². The van der Waals surface area contributed by atoms with Crippen molar-refractivity contribution in [3.63, 3.8) is 0 Å². The average molecular weight is 231 g/mol. The Morgan fingerprint density at radius 2 is 2.00 bits per heavy atom. The molecule has 3 nitrogen and oxygen atoms in total. The third-order valence-electron chi connectivity index (χ3n) is 2.92. The maximum atomic E-state index is 9.12. The molecule has 0 aliphatic carbocycles. The standard InChI is InChI=1S/C14H21N3/c1-4-17(11-14(2,3)10-16)13-8-6-5-7-12(13)9-15/h5-8H,4,10-11,16H2,1-3H3. The van der Waals surface area contributed by atoms with Gasteiger partial charge in [-0.05, 0) is 31.0 Å². The Morgan fingerprint density at radius 1 is 1.35 bits per heavy atom. The van der Waals surface area contributed by atoms with E-state index in [2.05, 4.69) is 31.7 Å². The minimum atomic E-state index is 0.0541.